The second kappa shape index (κ2) is 5.37. The molecule has 3 nitrogen and oxygen atoms in total. The fourth-order valence-electron chi connectivity index (χ4n) is 2.63. The number of nitrogens with one attached hydrogen (secondary N) is 1. The predicted octanol–water partition coefficient (Wildman–Crippen LogP) is 3.09. The first-order valence-corrected chi connectivity index (χ1v) is 6.85. The monoisotopic (exact) mass is 277 g/mol. The smallest absolute Gasteiger partial charge is 0.186 e. The molecular weight excluding hydrogens is 262 g/mol. The van der Waals surface area contributed by atoms with Gasteiger partial charge in [0.05, 0.1) is 0 Å². The number of allylic oxidation sites excluding steroid dienone is 1. The van der Waals surface area contributed by atoms with Gasteiger partial charge in [-0.3, -0.25) is 9.59 Å². The zero-order valence-corrected chi connectivity index (χ0v) is 11.5. The summed E-state index contributed by atoms with van der Waals surface area (Å²) in [7, 11) is 0. The molecule has 0 amide bonds. The normalized spacial score (nSPS) is 21.3. The molecule has 0 saturated carbocycles. The summed E-state index contributed by atoms with van der Waals surface area (Å²) < 4.78 is 0. The predicted molar refractivity (Wildman–Crippen MR) is 82.0 cm³/mol. The van der Waals surface area contributed by atoms with Crippen molar-refractivity contribution in [2.75, 3.05) is 5.32 Å². The standard InChI is InChI=1S/C18H15NO2/c20-16-11-12-17(21)18(13-16,14-7-3-1-4-8-14)19-15-9-5-2-6-10-15/h1-12,19H,13H2. The molecule has 104 valence electrons. The Morgan fingerprint density at radius 3 is 2.10 bits per heavy atom. The number of benzene rings is 2. The third kappa shape index (κ3) is 2.50. The molecule has 2 aromatic carbocycles. The van der Waals surface area contributed by atoms with Gasteiger partial charge in [0.2, 0.25) is 0 Å². The van der Waals surface area contributed by atoms with Crippen molar-refractivity contribution in [2.45, 2.75) is 12.0 Å². The van der Waals surface area contributed by atoms with Crippen molar-refractivity contribution in [2.24, 2.45) is 0 Å². The van der Waals surface area contributed by atoms with Gasteiger partial charge in [0, 0.05) is 12.1 Å². The number of hydrogen-bond donors (Lipinski definition) is 1. The second-order valence-electron chi connectivity index (χ2n) is 5.10. The van der Waals surface area contributed by atoms with Gasteiger partial charge in [-0.25, -0.2) is 0 Å². The Bertz CT molecular complexity index is 692. The van der Waals surface area contributed by atoms with Crippen LogP contribution in [0, 0.1) is 0 Å². The second-order valence-corrected chi connectivity index (χ2v) is 5.10. The Balaban J connectivity index is 2.09. The van der Waals surface area contributed by atoms with E-state index in [4.69, 9.17) is 0 Å². The van der Waals surface area contributed by atoms with E-state index >= 15 is 0 Å². The highest BCUT2D eigenvalue weighted by Gasteiger charge is 2.42. The summed E-state index contributed by atoms with van der Waals surface area (Å²) >= 11 is 0. The Labute approximate surface area is 123 Å². The van der Waals surface area contributed by atoms with Crippen LogP contribution in [0.2, 0.25) is 0 Å². The first-order valence-electron chi connectivity index (χ1n) is 6.85. The van der Waals surface area contributed by atoms with Crippen LogP contribution < -0.4 is 5.32 Å². The SMILES string of the molecule is O=C1C=CC(=O)C(Nc2ccccc2)(c2ccccc2)C1. The van der Waals surface area contributed by atoms with Gasteiger partial charge in [0.1, 0.15) is 5.54 Å². The summed E-state index contributed by atoms with van der Waals surface area (Å²) in [5.74, 6) is -0.154. The lowest BCUT2D eigenvalue weighted by atomic mass is 9.78. The maximum atomic E-state index is 12.6. The molecular formula is C18H15NO2. The van der Waals surface area contributed by atoms with Crippen molar-refractivity contribution in [3.8, 4) is 0 Å². The van der Waals surface area contributed by atoms with Gasteiger partial charge >= 0.3 is 0 Å². The number of para-hydroxylation sites is 1. The molecule has 1 aliphatic carbocycles. The van der Waals surface area contributed by atoms with Gasteiger partial charge in [-0.1, -0.05) is 48.5 Å². The van der Waals surface area contributed by atoms with Crippen molar-refractivity contribution in [1.82, 2.24) is 0 Å². The van der Waals surface area contributed by atoms with Crippen LogP contribution in [0.15, 0.2) is 72.8 Å². The molecule has 0 aromatic heterocycles. The molecule has 0 spiro atoms. The van der Waals surface area contributed by atoms with E-state index in [0.717, 1.165) is 11.3 Å². The highest BCUT2D eigenvalue weighted by atomic mass is 16.1. The maximum absolute atomic E-state index is 12.6. The van der Waals surface area contributed by atoms with Gasteiger partial charge in [-0.2, -0.15) is 0 Å². The molecule has 3 heteroatoms. The maximum Gasteiger partial charge on any atom is 0.186 e. The van der Waals surface area contributed by atoms with Crippen molar-refractivity contribution < 1.29 is 9.59 Å². The van der Waals surface area contributed by atoms with Gasteiger partial charge in [-0.15, -0.1) is 0 Å². The summed E-state index contributed by atoms with van der Waals surface area (Å²) in [4.78, 5) is 24.5. The average molecular weight is 277 g/mol. The fourth-order valence-corrected chi connectivity index (χ4v) is 2.63. The van der Waals surface area contributed by atoms with Crippen molar-refractivity contribution in [3.05, 3.63) is 78.4 Å². The van der Waals surface area contributed by atoms with Crippen LogP contribution in [0.5, 0.6) is 0 Å². The largest absolute Gasteiger partial charge is 0.369 e. The van der Waals surface area contributed by atoms with Crippen molar-refractivity contribution >= 4 is 17.3 Å². The molecule has 1 aliphatic rings. The molecule has 3 rings (SSSR count). The first-order chi connectivity index (χ1) is 10.2. The van der Waals surface area contributed by atoms with Gasteiger partial charge in [0.15, 0.2) is 11.6 Å². The summed E-state index contributed by atoms with van der Waals surface area (Å²) in [6.45, 7) is 0. The van der Waals surface area contributed by atoms with E-state index in [1.165, 1.54) is 12.2 Å². The number of carbonyl (C=O) groups excluding carboxylic acids is 2. The zero-order chi connectivity index (χ0) is 14.7. The molecule has 0 radical (unpaired) electrons. The molecule has 0 fully saturated rings. The average Bonchev–Trinajstić information content (AvgIpc) is 2.53. The van der Waals surface area contributed by atoms with Gasteiger partial charge in [-0.05, 0) is 29.8 Å². The van der Waals surface area contributed by atoms with Gasteiger partial charge in [0.25, 0.3) is 0 Å². The van der Waals surface area contributed by atoms with E-state index in [9.17, 15) is 9.59 Å². The molecule has 21 heavy (non-hydrogen) atoms. The minimum absolute atomic E-state index is 0.0538. The summed E-state index contributed by atoms with van der Waals surface area (Å²) in [6, 6.07) is 18.9. The Morgan fingerprint density at radius 2 is 1.43 bits per heavy atom. The van der Waals surface area contributed by atoms with Crippen LogP contribution in [0.25, 0.3) is 0 Å². The van der Waals surface area contributed by atoms with Crippen LogP contribution in [-0.2, 0) is 15.1 Å². The molecule has 2 aromatic rings. The molecule has 1 unspecified atom stereocenters. The lowest BCUT2D eigenvalue weighted by Crippen LogP contribution is -2.46. The summed E-state index contributed by atoms with van der Waals surface area (Å²) in [5.41, 5.74) is 0.600. The highest BCUT2D eigenvalue weighted by molar-refractivity contribution is 6.12. The quantitative estimate of drug-likeness (QED) is 0.937. The Hall–Kier alpha value is -2.68. The van der Waals surface area contributed by atoms with E-state index in [-0.39, 0.29) is 18.0 Å². The molecule has 0 saturated heterocycles. The van der Waals surface area contributed by atoms with Crippen LogP contribution in [-0.4, -0.2) is 11.6 Å². The highest BCUT2D eigenvalue weighted by Crippen LogP contribution is 2.34. The fraction of sp³-hybridized carbons (Fsp3) is 0.111. The first kappa shape index (κ1) is 13.3. The Morgan fingerprint density at radius 1 is 0.810 bits per heavy atom. The lowest BCUT2D eigenvalue weighted by molar-refractivity contribution is -0.125. The molecule has 0 heterocycles. The van der Waals surface area contributed by atoms with Crippen molar-refractivity contribution in [3.63, 3.8) is 0 Å². The lowest BCUT2D eigenvalue weighted by Gasteiger charge is -2.35. The van der Waals surface area contributed by atoms with E-state index in [0.29, 0.717) is 0 Å². The summed E-state index contributed by atoms with van der Waals surface area (Å²) in [6.07, 6.45) is 2.85. The van der Waals surface area contributed by atoms with E-state index in [1.54, 1.807) is 0 Å². The topological polar surface area (TPSA) is 46.2 Å². The minimum atomic E-state index is -1.02. The molecule has 0 bridgehead atoms. The van der Waals surface area contributed by atoms with Gasteiger partial charge < -0.3 is 5.32 Å². The minimum Gasteiger partial charge on any atom is -0.369 e. The Kier molecular flexibility index (Phi) is 3.40. The molecule has 1 N–H and O–H groups in total. The third-order valence-electron chi connectivity index (χ3n) is 3.68. The zero-order valence-electron chi connectivity index (χ0n) is 11.5. The number of hydrogen-bond acceptors (Lipinski definition) is 3. The van der Waals surface area contributed by atoms with Crippen molar-refractivity contribution in [1.29, 1.82) is 0 Å². The molecule has 1 atom stereocenters. The molecule has 0 aliphatic heterocycles. The summed E-state index contributed by atoms with van der Waals surface area (Å²) in [5, 5.41) is 3.27. The van der Waals surface area contributed by atoms with E-state index < -0.39 is 5.54 Å². The number of ketones is 2. The van der Waals surface area contributed by atoms with E-state index in [2.05, 4.69) is 5.32 Å². The number of carbonyl (C=O) groups is 2. The third-order valence-corrected chi connectivity index (χ3v) is 3.68. The number of anilines is 1. The number of rotatable bonds is 3. The van der Waals surface area contributed by atoms with Crippen LogP contribution in [0.4, 0.5) is 5.69 Å². The van der Waals surface area contributed by atoms with E-state index in [1.807, 2.05) is 60.7 Å². The van der Waals surface area contributed by atoms with Crippen LogP contribution in [0.1, 0.15) is 12.0 Å². The van der Waals surface area contributed by atoms with Crippen LogP contribution in [0.3, 0.4) is 0 Å². The van der Waals surface area contributed by atoms with Crippen LogP contribution >= 0.6 is 0 Å².